The van der Waals surface area contributed by atoms with E-state index in [4.69, 9.17) is 16.3 Å². The molecule has 0 atom stereocenters. The average Bonchev–Trinajstić information content (AvgIpc) is 2.78. The van der Waals surface area contributed by atoms with E-state index in [1.165, 1.54) is 11.8 Å². The van der Waals surface area contributed by atoms with Crippen LogP contribution in [0.4, 0.5) is 5.69 Å². The highest BCUT2D eigenvalue weighted by Crippen LogP contribution is 2.39. The number of anilines is 1. The molecule has 5 nitrogen and oxygen atoms in total. The van der Waals surface area contributed by atoms with Crippen LogP contribution in [0.2, 0.25) is 5.02 Å². The Balaban J connectivity index is 1.49. The Labute approximate surface area is 189 Å². The molecule has 0 bridgehead atoms. The van der Waals surface area contributed by atoms with Crippen LogP contribution in [0.3, 0.4) is 0 Å². The average molecular weight is 451 g/mol. The first-order valence-electron chi connectivity index (χ1n) is 9.54. The molecule has 0 unspecified atom stereocenters. The first-order valence-corrected chi connectivity index (χ1v) is 10.7. The Hall–Kier alpha value is -3.22. The van der Waals surface area contributed by atoms with Gasteiger partial charge >= 0.3 is 0 Å². The lowest BCUT2D eigenvalue weighted by atomic mass is 10.1. The summed E-state index contributed by atoms with van der Waals surface area (Å²) in [4.78, 5) is 26.6. The lowest BCUT2D eigenvalue weighted by Gasteiger charge is -2.19. The van der Waals surface area contributed by atoms with Crippen LogP contribution in [0, 0.1) is 0 Å². The topological polar surface area (TPSA) is 67.4 Å². The van der Waals surface area contributed by atoms with Crippen LogP contribution in [-0.2, 0) is 11.3 Å². The number of amides is 2. The zero-order valence-electron chi connectivity index (χ0n) is 16.6. The second-order valence-corrected chi connectivity index (χ2v) is 8.32. The number of hydrogen-bond donors (Lipinski definition) is 2. The zero-order valence-corrected chi connectivity index (χ0v) is 18.2. The first kappa shape index (κ1) is 21.0. The predicted molar refractivity (Wildman–Crippen MR) is 125 cm³/mol. The fourth-order valence-electron chi connectivity index (χ4n) is 3.10. The number of carbonyl (C=O) groups excluding carboxylic acids is 2. The maximum absolute atomic E-state index is 12.6. The molecular weight excluding hydrogens is 432 g/mol. The number of fused-ring (bicyclic) bond motifs is 1. The minimum Gasteiger partial charge on any atom is -0.497 e. The smallest absolute Gasteiger partial charge is 0.262 e. The maximum Gasteiger partial charge on any atom is 0.262 e. The summed E-state index contributed by atoms with van der Waals surface area (Å²) < 4.78 is 5.24. The Morgan fingerprint density at radius 1 is 1.13 bits per heavy atom. The summed E-state index contributed by atoms with van der Waals surface area (Å²) in [6.45, 7) is 0.324. The summed E-state index contributed by atoms with van der Waals surface area (Å²) in [5.74, 6) is 0.275. The predicted octanol–water partition coefficient (Wildman–Crippen LogP) is 5.36. The molecule has 3 aromatic carbocycles. The van der Waals surface area contributed by atoms with Crippen molar-refractivity contribution >= 4 is 46.9 Å². The largest absolute Gasteiger partial charge is 0.497 e. The molecule has 1 aliphatic heterocycles. The van der Waals surface area contributed by atoms with E-state index < -0.39 is 0 Å². The highest BCUT2D eigenvalue weighted by molar-refractivity contribution is 8.04. The van der Waals surface area contributed by atoms with Gasteiger partial charge < -0.3 is 15.4 Å². The fraction of sp³-hybridized carbons (Fsp3) is 0.0833. The second-order valence-electron chi connectivity index (χ2n) is 6.83. The molecule has 1 heterocycles. The van der Waals surface area contributed by atoms with Crippen molar-refractivity contribution in [3.63, 3.8) is 0 Å². The summed E-state index contributed by atoms with van der Waals surface area (Å²) in [6.07, 6.45) is 1.82. The molecule has 0 saturated heterocycles. The van der Waals surface area contributed by atoms with Gasteiger partial charge in [0.05, 0.1) is 17.7 Å². The van der Waals surface area contributed by atoms with Gasteiger partial charge in [-0.1, -0.05) is 53.7 Å². The highest BCUT2D eigenvalue weighted by Gasteiger charge is 2.22. The number of hydrogen-bond acceptors (Lipinski definition) is 4. The van der Waals surface area contributed by atoms with Crippen LogP contribution < -0.4 is 15.4 Å². The fourth-order valence-corrected chi connectivity index (χ4v) is 4.24. The zero-order chi connectivity index (χ0) is 21.8. The van der Waals surface area contributed by atoms with Crippen molar-refractivity contribution in [2.24, 2.45) is 0 Å². The number of carbonyl (C=O) groups is 2. The van der Waals surface area contributed by atoms with Crippen LogP contribution in [0.15, 0.2) is 76.5 Å². The van der Waals surface area contributed by atoms with Gasteiger partial charge in [0, 0.05) is 22.0 Å². The molecule has 7 heteroatoms. The van der Waals surface area contributed by atoms with Crippen molar-refractivity contribution in [2.75, 3.05) is 12.4 Å². The standard InChI is InChI=1S/C24H19ClN2O3S/c1-30-18-7-4-5-15(11-18)12-22-24(29)27-20-13-16(9-10-21(20)31-22)23(28)26-14-17-6-2-3-8-19(17)25/h2-13H,14H2,1H3,(H,26,28)(H,27,29). The molecule has 156 valence electrons. The number of ether oxygens (including phenoxy) is 1. The number of rotatable bonds is 5. The summed E-state index contributed by atoms with van der Waals surface area (Å²) in [5, 5.41) is 6.34. The lowest BCUT2D eigenvalue weighted by molar-refractivity contribution is -0.112. The van der Waals surface area contributed by atoms with Gasteiger partial charge in [-0.15, -0.1) is 0 Å². The second kappa shape index (κ2) is 9.29. The van der Waals surface area contributed by atoms with Crippen LogP contribution in [0.5, 0.6) is 5.75 Å². The monoisotopic (exact) mass is 450 g/mol. The van der Waals surface area contributed by atoms with E-state index in [2.05, 4.69) is 10.6 Å². The molecule has 0 fully saturated rings. The molecule has 2 amide bonds. The number of nitrogens with one attached hydrogen (secondary N) is 2. The third-order valence-electron chi connectivity index (χ3n) is 4.72. The molecule has 0 aromatic heterocycles. The van der Waals surface area contributed by atoms with Crippen LogP contribution in [0.1, 0.15) is 21.5 Å². The lowest BCUT2D eigenvalue weighted by Crippen LogP contribution is -2.24. The van der Waals surface area contributed by atoms with Gasteiger partial charge in [-0.3, -0.25) is 9.59 Å². The van der Waals surface area contributed by atoms with Gasteiger partial charge in [0.2, 0.25) is 0 Å². The van der Waals surface area contributed by atoms with Crippen molar-refractivity contribution < 1.29 is 14.3 Å². The van der Waals surface area contributed by atoms with E-state index in [-0.39, 0.29) is 11.8 Å². The van der Waals surface area contributed by atoms with Gasteiger partial charge in [0.25, 0.3) is 11.8 Å². The Morgan fingerprint density at radius 2 is 1.97 bits per heavy atom. The summed E-state index contributed by atoms with van der Waals surface area (Å²) in [6, 6.07) is 20.1. The number of thioether (sulfide) groups is 1. The summed E-state index contributed by atoms with van der Waals surface area (Å²) in [5.41, 5.74) is 2.79. The Bertz CT molecular complexity index is 1190. The number of halogens is 1. The van der Waals surface area contributed by atoms with E-state index in [1.54, 1.807) is 25.3 Å². The molecule has 0 saturated carbocycles. The van der Waals surface area contributed by atoms with Gasteiger partial charge in [-0.2, -0.15) is 0 Å². The van der Waals surface area contributed by atoms with E-state index in [9.17, 15) is 9.59 Å². The van der Waals surface area contributed by atoms with Crippen molar-refractivity contribution in [3.05, 3.63) is 93.3 Å². The van der Waals surface area contributed by atoms with E-state index in [1.807, 2.05) is 54.6 Å². The van der Waals surface area contributed by atoms with Crippen molar-refractivity contribution in [2.45, 2.75) is 11.4 Å². The summed E-state index contributed by atoms with van der Waals surface area (Å²) in [7, 11) is 1.60. The van der Waals surface area contributed by atoms with Gasteiger partial charge in [0.1, 0.15) is 5.75 Å². The molecule has 0 radical (unpaired) electrons. The van der Waals surface area contributed by atoms with Crippen molar-refractivity contribution in [1.82, 2.24) is 5.32 Å². The van der Waals surface area contributed by atoms with E-state index in [0.29, 0.717) is 27.7 Å². The molecule has 0 aliphatic carbocycles. The van der Waals surface area contributed by atoms with Gasteiger partial charge in [-0.25, -0.2) is 0 Å². The van der Waals surface area contributed by atoms with Crippen LogP contribution in [-0.4, -0.2) is 18.9 Å². The van der Waals surface area contributed by atoms with Gasteiger partial charge in [-0.05, 0) is 53.6 Å². The maximum atomic E-state index is 12.6. The third kappa shape index (κ3) is 4.93. The number of benzene rings is 3. The quantitative estimate of drug-likeness (QED) is 0.513. The first-order chi connectivity index (χ1) is 15.0. The Morgan fingerprint density at radius 3 is 2.77 bits per heavy atom. The normalized spacial score (nSPS) is 14.0. The third-order valence-corrected chi connectivity index (χ3v) is 6.19. The molecule has 0 spiro atoms. The van der Waals surface area contributed by atoms with Crippen LogP contribution in [0.25, 0.3) is 6.08 Å². The molecular formula is C24H19ClN2O3S. The molecule has 31 heavy (non-hydrogen) atoms. The van der Waals surface area contributed by atoms with Crippen LogP contribution >= 0.6 is 23.4 Å². The minimum atomic E-state index is -0.236. The van der Waals surface area contributed by atoms with E-state index >= 15 is 0 Å². The molecule has 1 aliphatic rings. The summed E-state index contributed by atoms with van der Waals surface area (Å²) >= 11 is 7.50. The Kier molecular flexibility index (Phi) is 6.30. The SMILES string of the molecule is COc1cccc(C=C2Sc3ccc(C(=O)NCc4ccccc4Cl)cc3NC2=O)c1. The molecule has 3 aromatic rings. The van der Waals surface area contributed by atoms with Gasteiger partial charge in [0.15, 0.2) is 0 Å². The van der Waals surface area contributed by atoms with Crippen molar-refractivity contribution in [3.8, 4) is 5.75 Å². The highest BCUT2D eigenvalue weighted by atomic mass is 35.5. The van der Waals surface area contributed by atoms with E-state index in [0.717, 1.165) is 21.8 Å². The number of methoxy groups -OCH3 is 1. The molecule has 2 N–H and O–H groups in total. The molecule has 4 rings (SSSR count). The minimum absolute atomic E-state index is 0.214. The van der Waals surface area contributed by atoms with Crippen molar-refractivity contribution in [1.29, 1.82) is 0 Å².